The van der Waals surface area contributed by atoms with E-state index in [1.54, 1.807) is 0 Å². The molecule has 0 saturated carbocycles. The first-order valence-electron chi connectivity index (χ1n) is 6.73. The van der Waals surface area contributed by atoms with Crippen molar-refractivity contribution in [3.8, 4) is 0 Å². The first-order chi connectivity index (χ1) is 9.75. The van der Waals surface area contributed by atoms with Gasteiger partial charge in [-0.05, 0) is 33.9 Å². The molecule has 0 aliphatic carbocycles. The van der Waals surface area contributed by atoms with E-state index in [1.807, 2.05) is 14.0 Å². The summed E-state index contributed by atoms with van der Waals surface area (Å²) in [4.78, 5) is 13.3. The highest BCUT2D eigenvalue weighted by atomic mass is 32.2. The predicted octanol–water partition coefficient (Wildman–Crippen LogP) is 0.131. The van der Waals surface area contributed by atoms with Crippen LogP contribution in [0.25, 0.3) is 0 Å². The third-order valence-corrected chi connectivity index (χ3v) is 5.61. The maximum atomic E-state index is 12.8. The van der Waals surface area contributed by atoms with Crippen molar-refractivity contribution in [3.63, 3.8) is 0 Å². The van der Waals surface area contributed by atoms with Crippen molar-refractivity contribution in [2.45, 2.75) is 31.3 Å². The van der Waals surface area contributed by atoms with E-state index in [1.165, 1.54) is 11.2 Å². The normalized spacial score (nSPS) is 22.1. The molecule has 0 spiro atoms. The number of aromatic amines is 1. The van der Waals surface area contributed by atoms with Gasteiger partial charge < -0.3 is 10.0 Å². The van der Waals surface area contributed by atoms with Crippen molar-refractivity contribution in [2.75, 3.05) is 26.7 Å². The largest absolute Gasteiger partial charge is 0.478 e. The van der Waals surface area contributed by atoms with Gasteiger partial charge in [0.25, 0.3) is 10.0 Å². The summed E-state index contributed by atoms with van der Waals surface area (Å²) in [7, 11) is -1.99. The molecule has 0 amide bonds. The fourth-order valence-corrected chi connectivity index (χ4v) is 4.46. The van der Waals surface area contributed by atoms with Crippen LogP contribution in [0, 0.1) is 6.92 Å². The Morgan fingerprint density at radius 3 is 2.71 bits per heavy atom. The molecule has 0 radical (unpaired) electrons. The summed E-state index contributed by atoms with van der Waals surface area (Å²) in [6.45, 7) is 5.08. The van der Waals surface area contributed by atoms with E-state index < -0.39 is 21.0 Å². The maximum Gasteiger partial charge on any atom is 0.340 e. The summed E-state index contributed by atoms with van der Waals surface area (Å²) in [5.41, 5.74) is -0.0412. The Morgan fingerprint density at radius 2 is 2.10 bits per heavy atom. The van der Waals surface area contributed by atoms with Gasteiger partial charge in [0, 0.05) is 24.8 Å². The van der Waals surface area contributed by atoms with Gasteiger partial charge in [-0.15, -0.1) is 0 Å². The molecule has 0 bridgehead atoms. The average Bonchev–Trinajstić information content (AvgIpc) is 2.67. The summed E-state index contributed by atoms with van der Waals surface area (Å²) < 4.78 is 26.9. The second-order valence-electron chi connectivity index (χ2n) is 5.41. The number of carboxylic acids is 1. The number of aromatic nitrogens is 2. The molecule has 8 nitrogen and oxygen atoms in total. The van der Waals surface area contributed by atoms with Gasteiger partial charge in [-0.2, -0.15) is 9.40 Å². The summed E-state index contributed by atoms with van der Waals surface area (Å²) in [6.07, 6.45) is 0.700. The van der Waals surface area contributed by atoms with Gasteiger partial charge in [0.2, 0.25) is 5.03 Å². The molecule has 1 unspecified atom stereocenters. The quantitative estimate of drug-likeness (QED) is 0.821. The zero-order chi connectivity index (χ0) is 15.8. The number of rotatable bonds is 3. The highest BCUT2D eigenvalue weighted by Crippen LogP contribution is 2.24. The minimum Gasteiger partial charge on any atom is -0.478 e. The summed E-state index contributed by atoms with van der Waals surface area (Å²) in [6, 6.07) is -0.235. The molecule has 2 rings (SSSR count). The number of sulfonamides is 1. The molecule has 118 valence electrons. The molecular formula is C12H20N4O4S. The summed E-state index contributed by atoms with van der Waals surface area (Å²) in [5.74, 6) is -1.29. The van der Waals surface area contributed by atoms with E-state index in [4.69, 9.17) is 0 Å². The Bertz CT molecular complexity index is 640. The van der Waals surface area contributed by atoms with E-state index in [0.717, 1.165) is 6.54 Å². The van der Waals surface area contributed by atoms with E-state index in [-0.39, 0.29) is 17.3 Å². The van der Waals surface area contributed by atoms with Crippen molar-refractivity contribution in [1.29, 1.82) is 0 Å². The SMILES string of the molecule is Cc1[nH]nc(S(=O)(=O)N2CCCN(C)CC2C)c1C(=O)O. The second kappa shape index (κ2) is 5.74. The standard InChI is InChI=1S/C12H20N4O4S/c1-8-7-15(3)5-4-6-16(8)21(19,20)11-10(12(17)18)9(2)13-14-11/h8H,4-7H2,1-3H3,(H,13,14)(H,17,18). The Kier molecular flexibility index (Phi) is 4.35. The lowest BCUT2D eigenvalue weighted by Gasteiger charge is -2.26. The van der Waals surface area contributed by atoms with Crippen molar-refractivity contribution in [1.82, 2.24) is 19.4 Å². The van der Waals surface area contributed by atoms with Crippen molar-refractivity contribution >= 4 is 16.0 Å². The van der Waals surface area contributed by atoms with Crippen LogP contribution in [-0.2, 0) is 10.0 Å². The average molecular weight is 316 g/mol. The van der Waals surface area contributed by atoms with E-state index in [9.17, 15) is 18.3 Å². The number of likely N-dealkylation sites (N-methyl/N-ethyl adjacent to an activating group) is 1. The fraction of sp³-hybridized carbons (Fsp3) is 0.667. The highest BCUT2D eigenvalue weighted by Gasteiger charge is 2.36. The number of hydrogen-bond acceptors (Lipinski definition) is 5. The maximum absolute atomic E-state index is 12.8. The number of nitrogens with zero attached hydrogens (tertiary/aromatic N) is 3. The third-order valence-electron chi connectivity index (χ3n) is 3.67. The number of hydrogen-bond donors (Lipinski definition) is 2. The molecular weight excluding hydrogens is 296 g/mol. The van der Waals surface area contributed by atoms with Gasteiger partial charge in [0.1, 0.15) is 5.56 Å². The Morgan fingerprint density at radius 1 is 1.43 bits per heavy atom. The minimum atomic E-state index is -3.93. The number of aromatic carboxylic acids is 1. The summed E-state index contributed by atoms with van der Waals surface area (Å²) in [5, 5.41) is 15.0. The second-order valence-corrected chi connectivity index (χ2v) is 7.22. The number of carbonyl (C=O) groups is 1. The van der Waals surface area contributed by atoms with E-state index in [2.05, 4.69) is 15.1 Å². The molecule has 1 aliphatic rings. The van der Waals surface area contributed by atoms with E-state index >= 15 is 0 Å². The van der Waals surface area contributed by atoms with Crippen LogP contribution >= 0.6 is 0 Å². The lowest BCUT2D eigenvalue weighted by Crippen LogP contribution is -2.42. The van der Waals surface area contributed by atoms with Crippen LogP contribution in [0.4, 0.5) is 0 Å². The lowest BCUT2D eigenvalue weighted by molar-refractivity contribution is 0.0691. The van der Waals surface area contributed by atoms with Gasteiger partial charge >= 0.3 is 5.97 Å². The molecule has 0 aromatic carbocycles. The summed E-state index contributed by atoms with van der Waals surface area (Å²) >= 11 is 0. The zero-order valence-electron chi connectivity index (χ0n) is 12.3. The predicted molar refractivity (Wildman–Crippen MR) is 75.8 cm³/mol. The number of carboxylic acid groups (broad SMARTS) is 1. The molecule has 2 N–H and O–H groups in total. The van der Waals surface area contributed by atoms with E-state index in [0.29, 0.717) is 19.5 Å². The monoisotopic (exact) mass is 316 g/mol. The molecule has 1 fully saturated rings. The Labute approximate surface area is 123 Å². The zero-order valence-corrected chi connectivity index (χ0v) is 13.1. The highest BCUT2D eigenvalue weighted by molar-refractivity contribution is 7.89. The first-order valence-corrected chi connectivity index (χ1v) is 8.17. The number of nitrogens with one attached hydrogen (secondary N) is 1. The molecule has 1 aromatic heterocycles. The van der Waals surface area contributed by atoms with Gasteiger partial charge in [0.05, 0.1) is 0 Å². The fourth-order valence-electron chi connectivity index (χ4n) is 2.66. The molecule has 1 aromatic rings. The molecule has 1 atom stereocenters. The first kappa shape index (κ1) is 15.9. The van der Waals surface area contributed by atoms with Crippen LogP contribution in [0.15, 0.2) is 5.03 Å². The van der Waals surface area contributed by atoms with Crippen molar-refractivity contribution < 1.29 is 18.3 Å². The van der Waals surface area contributed by atoms with Gasteiger partial charge in [-0.25, -0.2) is 13.2 Å². The molecule has 21 heavy (non-hydrogen) atoms. The van der Waals surface area contributed by atoms with Crippen LogP contribution < -0.4 is 0 Å². The van der Waals surface area contributed by atoms with Crippen molar-refractivity contribution in [2.24, 2.45) is 0 Å². The topological polar surface area (TPSA) is 107 Å². The Balaban J connectivity index is 2.44. The van der Waals surface area contributed by atoms with Crippen molar-refractivity contribution in [3.05, 3.63) is 11.3 Å². The van der Waals surface area contributed by atoms with Gasteiger partial charge in [0.15, 0.2) is 0 Å². The van der Waals surface area contributed by atoms with Gasteiger partial charge in [-0.3, -0.25) is 5.10 Å². The molecule has 2 heterocycles. The van der Waals surface area contributed by atoms with Crippen LogP contribution in [0.3, 0.4) is 0 Å². The third kappa shape index (κ3) is 2.94. The van der Waals surface area contributed by atoms with Crippen LogP contribution in [0.2, 0.25) is 0 Å². The van der Waals surface area contributed by atoms with Crippen LogP contribution in [0.5, 0.6) is 0 Å². The van der Waals surface area contributed by atoms with Crippen LogP contribution in [-0.4, -0.2) is 71.6 Å². The number of aryl methyl sites for hydroxylation is 1. The molecule has 9 heteroatoms. The van der Waals surface area contributed by atoms with Gasteiger partial charge in [-0.1, -0.05) is 0 Å². The van der Waals surface area contributed by atoms with Crippen LogP contribution in [0.1, 0.15) is 29.4 Å². The Hall–Kier alpha value is -1.45. The molecule has 1 aliphatic heterocycles. The molecule has 1 saturated heterocycles. The smallest absolute Gasteiger partial charge is 0.340 e. The minimum absolute atomic E-state index is 0.235. The number of H-pyrrole nitrogens is 1. The lowest BCUT2D eigenvalue weighted by atomic mass is 10.3.